The molecule has 0 radical (unpaired) electrons. The van der Waals surface area contributed by atoms with E-state index in [0.29, 0.717) is 5.82 Å². The third kappa shape index (κ3) is 2.43. The minimum atomic E-state index is -0.979. The van der Waals surface area contributed by atoms with E-state index in [2.05, 4.69) is 4.98 Å². The maximum atomic E-state index is 11.1. The molecule has 90 valence electrons. The Morgan fingerprint density at radius 3 is 1.94 bits per heavy atom. The quantitative estimate of drug-likeness (QED) is 0.737. The van der Waals surface area contributed by atoms with E-state index in [9.17, 15) is 4.79 Å². The normalized spacial score (nSPS) is 12.9. The van der Waals surface area contributed by atoms with Crippen LogP contribution in [0.15, 0.2) is 6.20 Å². The van der Waals surface area contributed by atoms with Crippen LogP contribution in [0.1, 0.15) is 53.1 Å². The van der Waals surface area contributed by atoms with Gasteiger partial charge in [0.15, 0.2) is 0 Å². The van der Waals surface area contributed by atoms with Crippen molar-refractivity contribution in [3.05, 3.63) is 17.7 Å². The molecule has 0 aliphatic rings. The summed E-state index contributed by atoms with van der Waals surface area (Å²) >= 11 is 0. The zero-order valence-electron chi connectivity index (χ0n) is 10.8. The Labute approximate surface area is 96.3 Å². The topological polar surface area (TPSA) is 55.1 Å². The number of aromatic nitrogens is 2. The average molecular weight is 224 g/mol. The van der Waals surface area contributed by atoms with Gasteiger partial charge < -0.3 is 5.11 Å². The van der Waals surface area contributed by atoms with Crippen LogP contribution in [0, 0.1) is 0 Å². The highest BCUT2D eigenvalue weighted by Crippen LogP contribution is 2.27. The predicted octanol–water partition coefficient (Wildman–Crippen LogP) is 3.00. The second-order valence-electron chi connectivity index (χ2n) is 6.10. The van der Waals surface area contributed by atoms with Crippen LogP contribution < -0.4 is 0 Å². The first kappa shape index (κ1) is 12.7. The Bertz CT molecular complexity index is 406. The fourth-order valence-electron chi connectivity index (χ4n) is 1.42. The van der Waals surface area contributed by atoms with Crippen molar-refractivity contribution in [2.24, 2.45) is 0 Å². The molecule has 16 heavy (non-hydrogen) atoms. The molecule has 0 bridgehead atoms. The minimum Gasteiger partial charge on any atom is -0.464 e. The van der Waals surface area contributed by atoms with Gasteiger partial charge in [0.1, 0.15) is 5.82 Å². The van der Waals surface area contributed by atoms with Gasteiger partial charge in [-0.2, -0.15) is 0 Å². The number of carbonyl (C=O) groups is 1. The maximum absolute atomic E-state index is 11.1. The molecule has 4 nitrogen and oxygen atoms in total. The summed E-state index contributed by atoms with van der Waals surface area (Å²) in [6.07, 6.45) is 0.635. The average Bonchev–Trinajstić information content (AvgIpc) is 2.44. The van der Waals surface area contributed by atoms with Gasteiger partial charge in [-0.05, 0) is 0 Å². The molecule has 0 aliphatic carbocycles. The largest absolute Gasteiger partial charge is 0.464 e. The zero-order valence-corrected chi connectivity index (χ0v) is 10.8. The van der Waals surface area contributed by atoms with Gasteiger partial charge in [0.2, 0.25) is 0 Å². The van der Waals surface area contributed by atoms with E-state index >= 15 is 0 Å². The molecule has 0 aliphatic heterocycles. The van der Waals surface area contributed by atoms with Gasteiger partial charge in [-0.25, -0.2) is 14.3 Å². The Morgan fingerprint density at radius 1 is 1.19 bits per heavy atom. The molecule has 0 spiro atoms. The number of carboxylic acid groups (broad SMARTS) is 1. The smallest absolute Gasteiger partial charge is 0.417 e. The van der Waals surface area contributed by atoms with Gasteiger partial charge in [0.25, 0.3) is 0 Å². The van der Waals surface area contributed by atoms with E-state index in [1.807, 2.05) is 41.5 Å². The molecule has 0 amide bonds. The van der Waals surface area contributed by atoms with Crippen molar-refractivity contribution >= 4 is 6.09 Å². The monoisotopic (exact) mass is 224 g/mol. The SMILES string of the molecule is CC(C)(C)c1cn(C(=O)O)c(C(C)(C)C)n1. The van der Waals surface area contributed by atoms with Gasteiger partial charge in [-0.1, -0.05) is 41.5 Å². The second kappa shape index (κ2) is 3.61. The Morgan fingerprint density at radius 2 is 1.69 bits per heavy atom. The molecule has 1 rings (SSSR count). The van der Waals surface area contributed by atoms with Crippen LogP contribution in [0.2, 0.25) is 0 Å². The summed E-state index contributed by atoms with van der Waals surface area (Å²) in [6.45, 7) is 11.9. The first-order chi connectivity index (χ1) is 7.03. The summed E-state index contributed by atoms with van der Waals surface area (Å²) in [7, 11) is 0. The summed E-state index contributed by atoms with van der Waals surface area (Å²) in [6, 6.07) is 0. The van der Waals surface area contributed by atoms with Crippen LogP contribution >= 0.6 is 0 Å². The molecule has 1 heterocycles. The lowest BCUT2D eigenvalue weighted by molar-refractivity contribution is 0.194. The van der Waals surface area contributed by atoms with Crippen molar-refractivity contribution < 1.29 is 9.90 Å². The Balaban J connectivity index is 3.38. The number of imidazole rings is 1. The number of rotatable bonds is 0. The number of hydrogen-bond donors (Lipinski definition) is 1. The summed E-state index contributed by atoms with van der Waals surface area (Å²) < 4.78 is 1.22. The summed E-state index contributed by atoms with van der Waals surface area (Å²) in [5, 5.41) is 9.13. The molecule has 0 saturated carbocycles. The van der Waals surface area contributed by atoms with Crippen LogP contribution in [0.25, 0.3) is 0 Å². The summed E-state index contributed by atoms with van der Waals surface area (Å²) in [4.78, 5) is 15.6. The van der Waals surface area contributed by atoms with E-state index in [0.717, 1.165) is 5.69 Å². The molecule has 4 heteroatoms. The fourth-order valence-corrected chi connectivity index (χ4v) is 1.42. The lowest BCUT2D eigenvalue weighted by Gasteiger charge is -2.18. The molecule has 0 atom stereocenters. The molecule has 0 aromatic carbocycles. The fraction of sp³-hybridized carbons (Fsp3) is 0.667. The van der Waals surface area contributed by atoms with Gasteiger partial charge in [0.05, 0.1) is 5.69 Å². The number of nitrogens with zero attached hydrogens (tertiary/aromatic N) is 2. The highest BCUT2D eigenvalue weighted by molar-refractivity contribution is 5.69. The third-order valence-electron chi connectivity index (χ3n) is 2.35. The van der Waals surface area contributed by atoms with Crippen molar-refractivity contribution in [2.45, 2.75) is 52.4 Å². The van der Waals surface area contributed by atoms with Crippen LogP contribution in [-0.2, 0) is 10.8 Å². The number of hydrogen-bond acceptors (Lipinski definition) is 2. The van der Waals surface area contributed by atoms with Crippen LogP contribution in [0.3, 0.4) is 0 Å². The van der Waals surface area contributed by atoms with Gasteiger partial charge in [-0.15, -0.1) is 0 Å². The minimum absolute atomic E-state index is 0.138. The lowest BCUT2D eigenvalue weighted by atomic mass is 9.92. The van der Waals surface area contributed by atoms with Gasteiger partial charge in [0, 0.05) is 17.0 Å². The summed E-state index contributed by atoms with van der Waals surface area (Å²) in [5.41, 5.74) is 0.391. The van der Waals surface area contributed by atoms with Crippen molar-refractivity contribution in [1.29, 1.82) is 0 Å². The molecule has 1 aromatic heterocycles. The van der Waals surface area contributed by atoms with E-state index in [1.165, 1.54) is 4.57 Å². The molecule has 1 N–H and O–H groups in total. The van der Waals surface area contributed by atoms with Crippen LogP contribution in [-0.4, -0.2) is 20.8 Å². The molecule has 0 unspecified atom stereocenters. The van der Waals surface area contributed by atoms with Gasteiger partial charge in [-0.3, -0.25) is 0 Å². The molecular weight excluding hydrogens is 204 g/mol. The first-order valence-electron chi connectivity index (χ1n) is 5.37. The van der Waals surface area contributed by atoms with Crippen molar-refractivity contribution in [3.8, 4) is 0 Å². The molecule has 0 fully saturated rings. The standard InChI is InChI=1S/C12H20N2O2/c1-11(2,3)8-7-14(10(15)16)9(13-8)12(4,5)6/h7H,1-6H3,(H,15,16). The summed E-state index contributed by atoms with van der Waals surface area (Å²) in [5.74, 6) is 0.588. The Hall–Kier alpha value is -1.32. The lowest BCUT2D eigenvalue weighted by Crippen LogP contribution is -2.22. The molecular formula is C12H20N2O2. The highest BCUT2D eigenvalue weighted by atomic mass is 16.4. The van der Waals surface area contributed by atoms with Crippen molar-refractivity contribution in [1.82, 2.24) is 9.55 Å². The van der Waals surface area contributed by atoms with Crippen molar-refractivity contribution in [2.75, 3.05) is 0 Å². The van der Waals surface area contributed by atoms with E-state index in [1.54, 1.807) is 6.20 Å². The van der Waals surface area contributed by atoms with E-state index in [-0.39, 0.29) is 10.8 Å². The third-order valence-corrected chi connectivity index (χ3v) is 2.35. The molecule has 0 saturated heterocycles. The zero-order chi connectivity index (χ0) is 12.7. The predicted molar refractivity (Wildman–Crippen MR) is 63.0 cm³/mol. The van der Waals surface area contributed by atoms with Crippen molar-refractivity contribution in [3.63, 3.8) is 0 Å². The van der Waals surface area contributed by atoms with Crippen LogP contribution in [0.4, 0.5) is 4.79 Å². The molecule has 1 aromatic rings. The second-order valence-corrected chi connectivity index (χ2v) is 6.10. The Kier molecular flexibility index (Phi) is 2.88. The van der Waals surface area contributed by atoms with E-state index in [4.69, 9.17) is 5.11 Å². The van der Waals surface area contributed by atoms with E-state index < -0.39 is 6.09 Å². The van der Waals surface area contributed by atoms with Gasteiger partial charge >= 0.3 is 6.09 Å². The van der Waals surface area contributed by atoms with Crippen LogP contribution in [0.5, 0.6) is 0 Å². The maximum Gasteiger partial charge on any atom is 0.417 e. The highest BCUT2D eigenvalue weighted by Gasteiger charge is 2.28. The first-order valence-corrected chi connectivity index (χ1v) is 5.37.